The summed E-state index contributed by atoms with van der Waals surface area (Å²) in [6.07, 6.45) is 0.766. The van der Waals surface area contributed by atoms with Gasteiger partial charge in [0, 0.05) is 38.7 Å². The van der Waals surface area contributed by atoms with Crippen molar-refractivity contribution in [3.05, 3.63) is 101 Å². The Labute approximate surface area is 236 Å². The van der Waals surface area contributed by atoms with Crippen LogP contribution in [-0.2, 0) is 37.1 Å². The number of Topliss-reactive ketones (excluding diaryl/α,β-unsaturated/α-hetero) is 1. The van der Waals surface area contributed by atoms with Crippen molar-refractivity contribution < 1.29 is 27.5 Å². The van der Waals surface area contributed by atoms with E-state index in [0.29, 0.717) is 18.4 Å². The molecule has 3 aromatic carbocycles. The Kier molecular flexibility index (Phi) is 9.86. The van der Waals surface area contributed by atoms with Crippen molar-refractivity contribution in [1.29, 1.82) is 0 Å². The number of ether oxygens (including phenoxy) is 2. The first-order chi connectivity index (χ1) is 19.2. The van der Waals surface area contributed by atoms with Gasteiger partial charge >= 0.3 is 0 Å². The van der Waals surface area contributed by atoms with Gasteiger partial charge < -0.3 is 14.8 Å². The average molecular weight is 565 g/mol. The molecule has 1 amide bonds. The lowest BCUT2D eigenvalue weighted by molar-refractivity contribution is -0.127. The minimum Gasteiger partial charge on any atom is -0.380 e. The number of carbonyl (C=O) groups is 2. The van der Waals surface area contributed by atoms with E-state index in [1.165, 1.54) is 38.3 Å². The number of carbonyl (C=O) groups excluding carboxylic acids is 2. The summed E-state index contributed by atoms with van der Waals surface area (Å²) in [6, 6.07) is 23.2. The molecule has 212 valence electrons. The first-order valence-electron chi connectivity index (χ1n) is 13.3. The summed E-state index contributed by atoms with van der Waals surface area (Å²) in [5.41, 5.74) is 3.63. The van der Waals surface area contributed by atoms with Crippen LogP contribution in [0.15, 0.2) is 83.8 Å². The topological polar surface area (TPSA) is 111 Å². The van der Waals surface area contributed by atoms with Crippen LogP contribution in [0.25, 0.3) is 0 Å². The van der Waals surface area contributed by atoms with Gasteiger partial charge in [0.2, 0.25) is 15.9 Å². The monoisotopic (exact) mass is 564 g/mol. The number of methoxy groups -OCH3 is 2. The van der Waals surface area contributed by atoms with E-state index in [-0.39, 0.29) is 35.3 Å². The third kappa shape index (κ3) is 7.22. The molecular formula is C31H36N2O6S. The highest BCUT2D eigenvalue weighted by Gasteiger charge is 2.35. The van der Waals surface area contributed by atoms with Gasteiger partial charge in [-0.15, -0.1) is 0 Å². The fourth-order valence-electron chi connectivity index (χ4n) is 5.14. The van der Waals surface area contributed by atoms with Crippen molar-refractivity contribution in [2.24, 2.45) is 5.92 Å². The maximum atomic E-state index is 13.7. The Morgan fingerprint density at radius 3 is 2.27 bits per heavy atom. The molecule has 8 nitrogen and oxygen atoms in total. The second-order valence-electron chi connectivity index (χ2n) is 10.1. The van der Waals surface area contributed by atoms with Crippen LogP contribution in [0, 0.1) is 5.92 Å². The number of nitrogens with one attached hydrogen (secondary N) is 2. The number of sulfonamides is 1. The van der Waals surface area contributed by atoms with Crippen molar-refractivity contribution in [1.82, 2.24) is 10.0 Å². The van der Waals surface area contributed by atoms with Gasteiger partial charge in [-0.25, -0.2) is 13.1 Å². The second-order valence-corrected chi connectivity index (χ2v) is 11.8. The maximum Gasteiger partial charge on any atom is 0.240 e. The SMILES string of the molecule is CO[C@H](CNS(=O)(=O)c1ccc(C(C)=O)cc1)C[C@@H](Cc1ccccc1)C(=O)N[C@H]1c2ccccc2C[C@@H]1OC. The number of hydrogen-bond acceptors (Lipinski definition) is 6. The van der Waals surface area contributed by atoms with Gasteiger partial charge in [-0.3, -0.25) is 9.59 Å². The molecule has 0 fully saturated rings. The molecule has 1 aliphatic carbocycles. The first kappa shape index (κ1) is 29.6. The van der Waals surface area contributed by atoms with E-state index in [4.69, 9.17) is 9.47 Å². The van der Waals surface area contributed by atoms with Crippen molar-refractivity contribution in [2.75, 3.05) is 20.8 Å². The molecule has 0 aromatic heterocycles. The predicted octanol–water partition coefficient (Wildman–Crippen LogP) is 3.86. The molecular weight excluding hydrogens is 528 g/mol. The summed E-state index contributed by atoms with van der Waals surface area (Å²) >= 11 is 0. The molecule has 40 heavy (non-hydrogen) atoms. The Morgan fingerprint density at radius 1 is 0.950 bits per heavy atom. The maximum absolute atomic E-state index is 13.7. The highest BCUT2D eigenvalue weighted by molar-refractivity contribution is 7.89. The normalized spacial score (nSPS) is 18.1. The molecule has 0 unspecified atom stereocenters. The molecule has 9 heteroatoms. The largest absolute Gasteiger partial charge is 0.380 e. The van der Waals surface area contributed by atoms with E-state index in [0.717, 1.165) is 23.1 Å². The summed E-state index contributed by atoms with van der Waals surface area (Å²) in [6.45, 7) is 1.41. The zero-order chi connectivity index (χ0) is 28.7. The van der Waals surface area contributed by atoms with Crippen molar-refractivity contribution in [3.8, 4) is 0 Å². The standard InChI is InChI=1S/C31H36N2O6S/c1-21(34)23-13-15-27(16-14-23)40(36,37)32-20-26(38-2)18-25(17-22-9-5-4-6-10-22)31(35)33-30-28-12-8-7-11-24(28)19-29(30)39-3/h4-16,25-26,29-30,32H,17-20H2,1-3H3,(H,33,35)/t25-,26+,29+,30+/m1/s1. The quantitative estimate of drug-likeness (QED) is 0.305. The van der Waals surface area contributed by atoms with E-state index in [2.05, 4.69) is 16.1 Å². The summed E-state index contributed by atoms with van der Waals surface area (Å²) in [5, 5.41) is 3.21. The Balaban J connectivity index is 1.48. The molecule has 4 rings (SSSR count). The molecule has 0 bridgehead atoms. The van der Waals surface area contributed by atoms with Gasteiger partial charge in [-0.05, 0) is 48.6 Å². The van der Waals surface area contributed by atoms with Gasteiger partial charge in [0.1, 0.15) is 0 Å². The molecule has 3 aromatic rings. The van der Waals surface area contributed by atoms with Gasteiger partial charge in [0.15, 0.2) is 5.78 Å². The molecule has 1 aliphatic rings. The predicted molar refractivity (Wildman–Crippen MR) is 153 cm³/mol. The third-order valence-corrected chi connectivity index (χ3v) is 8.87. The number of benzene rings is 3. The fraction of sp³-hybridized carbons (Fsp3) is 0.355. The van der Waals surface area contributed by atoms with Crippen molar-refractivity contribution >= 4 is 21.7 Å². The Bertz CT molecular complexity index is 1410. The summed E-state index contributed by atoms with van der Waals surface area (Å²) in [7, 11) is -0.687. The molecule has 0 radical (unpaired) electrons. The molecule has 4 atom stereocenters. The summed E-state index contributed by atoms with van der Waals surface area (Å²) in [5.74, 6) is -0.758. The highest BCUT2D eigenvalue weighted by Crippen LogP contribution is 2.33. The lowest BCUT2D eigenvalue weighted by atomic mass is 9.92. The molecule has 0 heterocycles. The lowest BCUT2D eigenvalue weighted by Gasteiger charge is -2.26. The van der Waals surface area contributed by atoms with E-state index < -0.39 is 22.0 Å². The van der Waals surface area contributed by atoms with Crippen molar-refractivity contribution in [3.63, 3.8) is 0 Å². The van der Waals surface area contributed by atoms with Gasteiger partial charge in [-0.2, -0.15) is 0 Å². The van der Waals surface area contributed by atoms with Crippen LogP contribution in [-0.4, -0.2) is 53.1 Å². The summed E-state index contributed by atoms with van der Waals surface area (Å²) < 4.78 is 39.8. The van der Waals surface area contributed by atoms with E-state index in [9.17, 15) is 18.0 Å². The second kappa shape index (κ2) is 13.3. The van der Waals surface area contributed by atoms with Crippen LogP contribution < -0.4 is 10.0 Å². The lowest BCUT2D eigenvalue weighted by Crippen LogP contribution is -2.42. The number of fused-ring (bicyclic) bond motifs is 1. The van der Waals surface area contributed by atoms with Crippen LogP contribution in [0.4, 0.5) is 0 Å². The molecule has 0 aliphatic heterocycles. The Morgan fingerprint density at radius 2 is 1.62 bits per heavy atom. The van der Waals surface area contributed by atoms with Gasteiger partial charge in [0.05, 0.1) is 23.1 Å². The van der Waals surface area contributed by atoms with Crippen LogP contribution in [0.5, 0.6) is 0 Å². The zero-order valence-electron chi connectivity index (χ0n) is 23.0. The minimum atomic E-state index is -3.84. The van der Waals surface area contributed by atoms with Crippen LogP contribution in [0.3, 0.4) is 0 Å². The Hall–Kier alpha value is -3.37. The molecule has 2 N–H and O–H groups in total. The van der Waals surface area contributed by atoms with Crippen molar-refractivity contribution in [2.45, 2.75) is 49.3 Å². The molecule has 0 spiro atoms. The highest BCUT2D eigenvalue weighted by atomic mass is 32.2. The smallest absolute Gasteiger partial charge is 0.240 e. The number of rotatable bonds is 13. The number of ketones is 1. The minimum absolute atomic E-state index is 0.0151. The van der Waals surface area contributed by atoms with E-state index in [1.807, 2.05) is 48.5 Å². The van der Waals surface area contributed by atoms with Gasteiger partial charge in [-0.1, -0.05) is 66.7 Å². The van der Waals surface area contributed by atoms with Crippen LogP contribution in [0.2, 0.25) is 0 Å². The van der Waals surface area contributed by atoms with Crippen LogP contribution in [0.1, 0.15) is 46.4 Å². The first-order valence-corrected chi connectivity index (χ1v) is 14.8. The molecule has 0 saturated heterocycles. The van der Waals surface area contributed by atoms with Gasteiger partial charge in [0.25, 0.3) is 0 Å². The fourth-order valence-corrected chi connectivity index (χ4v) is 6.20. The zero-order valence-corrected chi connectivity index (χ0v) is 23.8. The van der Waals surface area contributed by atoms with E-state index in [1.54, 1.807) is 7.11 Å². The third-order valence-electron chi connectivity index (χ3n) is 7.43. The van der Waals surface area contributed by atoms with Crippen LogP contribution >= 0.6 is 0 Å². The number of hydrogen-bond donors (Lipinski definition) is 2. The molecule has 0 saturated carbocycles. The number of amides is 1. The van der Waals surface area contributed by atoms with E-state index >= 15 is 0 Å². The average Bonchev–Trinajstić information content (AvgIpc) is 3.32. The summed E-state index contributed by atoms with van der Waals surface area (Å²) in [4.78, 5) is 25.3.